The molecule has 114 valence electrons. The minimum Gasteiger partial charge on any atom is -0.420 e. The first-order valence-electron chi connectivity index (χ1n) is 7.15. The van der Waals surface area contributed by atoms with E-state index in [0.29, 0.717) is 33.6 Å². The van der Waals surface area contributed by atoms with Crippen molar-refractivity contribution in [1.29, 1.82) is 0 Å². The van der Waals surface area contributed by atoms with Gasteiger partial charge in [-0.15, -0.1) is 0 Å². The van der Waals surface area contributed by atoms with E-state index >= 15 is 0 Å². The molecule has 0 amide bonds. The summed E-state index contributed by atoms with van der Waals surface area (Å²) in [7, 11) is 0. The maximum atomic E-state index is 12.3. The number of benzene rings is 1. The van der Waals surface area contributed by atoms with E-state index in [-0.39, 0.29) is 6.61 Å². The Morgan fingerprint density at radius 1 is 1.30 bits per heavy atom. The van der Waals surface area contributed by atoms with E-state index < -0.39 is 5.63 Å². The molecule has 3 aromatic heterocycles. The molecular formula is C17H13N3O3. The molecular weight excluding hydrogens is 294 g/mol. The number of fused-ring (bicyclic) bond motifs is 2. The summed E-state index contributed by atoms with van der Waals surface area (Å²) < 4.78 is 5.43. The molecule has 1 aromatic carbocycles. The number of para-hydroxylation sites is 2. The lowest BCUT2D eigenvalue weighted by molar-refractivity contribution is 0.282. The Hall–Kier alpha value is -2.99. The maximum Gasteiger partial charge on any atom is 0.347 e. The maximum absolute atomic E-state index is 12.3. The van der Waals surface area contributed by atoms with Crippen molar-refractivity contribution in [1.82, 2.24) is 15.0 Å². The smallest absolute Gasteiger partial charge is 0.347 e. The summed E-state index contributed by atoms with van der Waals surface area (Å²) in [5.74, 6) is 0.445. The number of pyridine rings is 1. The molecule has 3 heterocycles. The van der Waals surface area contributed by atoms with Crippen molar-refractivity contribution < 1.29 is 9.52 Å². The highest BCUT2D eigenvalue weighted by molar-refractivity contribution is 5.86. The number of aryl methyl sites for hydroxylation is 1. The second kappa shape index (κ2) is 5.03. The summed E-state index contributed by atoms with van der Waals surface area (Å²) in [6.07, 6.45) is 1.58. The number of aromatic amines is 1. The number of rotatable bonds is 2. The van der Waals surface area contributed by atoms with Crippen LogP contribution in [0.15, 0.2) is 45.7 Å². The van der Waals surface area contributed by atoms with E-state index in [1.807, 2.05) is 24.3 Å². The fourth-order valence-electron chi connectivity index (χ4n) is 2.65. The van der Waals surface area contributed by atoms with Gasteiger partial charge in [-0.1, -0.05) is 12.1 Å². The van der Waals surface area contributed by atoms with Gasteiger partial charge in [0.1, 0.15) is 11.4 Å². The van der Waals surface area contributed by atoms with E-state index in [9.17, 15) is 9.90 Å². The summed E-state index contributed by atoms with van der Waals surface area (Å²) in [5, 5.41) is 10.2. The van der Waals surface area contributed by atoms with Gasteiger partial charge in [0.05, 0.1) is 23.3 Å². The number of aliphatic hydroxyl groups is 1. The lowest BCUT2D eigenvalue weighted by Gasteiger charge is -2.06. The molecule has 0 unspecified atom stereocenters. The van der Waals surface area contributed by atoms with Gasteiger partial charge in [-0.25, -0.2) is 9.78 Å². The molecule has 0 fully saturated rings. The number of nitrogens with zero attached hydrogens (tertiary/aromatic N) is 2. The SMILES string of the molecule is Cc1ncc(CO)c2cc(-c3nc4ccccc4[nH]3)c(=O)oc12. The molecule has 0 radical (unpaired) electrons. The standard InChI is InChI=1S/C17H13N3O3/c1-9-15-11(10(8-21)7-18-9)6-12(17(22)23-15)16-19-13-4-2-3-5-14(13)20-16/h2-7,21H,8H2,1H3,(H,19,20). The van der Waals surface area contributed by atoms with Gasteiger partial charge in [0.15, 0.2) is 5.58 Å². The Morgan fingerprint density at radius 2 is 2.13 bits per heavy atom. The number of imidazole rings is 1. The van der Waals surface area contributed by atoms with Gasteiger partial charge in [-0.3, -0.25) is 4.98 Å². The monoisotopic (exact) mass is 307 g/mol. The van der Waals surface area contributed by atoms with Gasteiger partial charge >= 0.3 is 5.63 Å². The van der Waals surface area contributed by atoms with E-state index in [4.69, 9.17) is 4.42 Å². The molecule has 4 aromatic rings. The van der Waals surface area contributed by atoms with E-state index in [2.05, 4.69) is 15.0 Å². The molecule has 0 bridgehead atoms. The molecule has 0 saturated carbocycles. The molecule has 23 heavy (non-hydrogen) atoms. The van der Waals surface area contributed by atoms with Crippen LogP contribution in [0.5, 0.6) is 0 Å². The predicted molar refractivity (Wildman–Crippen MR) is 86.0 cm³/mol. The second-order valence-corrected chi connectivity index (χ2v) is 5.32. The van der Waals surface area contributed by atoms with E-state index in [1.165, 1.54) is 0 Å². The predicted octanol–water partition coefficient (Wildman–Crippen LogP) is 2.53. The first kappa shape index (κ1) is 13.7. The van der Waals surface area contributed by atoms with Crippen LogP contribution < -0.4 is 5.63 Å². The number of aromatic nitrogens is 3. The lowest BCUT2D eigenvalue weighted by Crippen LogP contribution is -2.06. The molecule has 0 aliphatic carbocycles. The molecule has 0 atom stereocenters. The summed E-state index contributed by atoms with van der Waals surface area (Å²) in [5.41, 5.74) is 3.05. The van der Waals surface area contributed by atoms with Crippen LogP contribution in [0.3, 0.4) is 0 Å². The minimum absolute atomic E-state index is 0.183. The van der Waals surface area contributed by atoms with Crippen LogP contribution in [-0.4, -0.2) is 20.1 Å². The molecule has 0 aliphatic heterocycles. The normalized spacial score (nSPS) is 11.4. The number of hydrogen-bond donors (Lipinski definition) is 2. The lowest BCUT2D eigenvalue weighted by atomic mass is 10.1. The van der Waals surface area contributed by atoms with Gasteiger partial charge in [-0.2, -0.15) is 0 Å². The van der Waals surface area contributed by atoms with Crippen molar-refractivity contribution in [2.75, 3.05) is 0 Å². The molecule has 6 nitrogen and oxygen atoms in total. The highest BCUT2D eigenvalue weighted by Crippen LogP contribution is 2.25. The van der Waals surface area contributed by atoms with Crippen molar-refractivity contribution in [2.24, 2.45) is 0 Å². The van der Waals surface area contributed by atoms with Crippen LogP contribution in [0, 0.1) is 6.92 Å². The minimum atomic E-state index is -0.489. The van der Waals surface area contributed by atoms with Gasteiger partial charge in [0.25, 0.3) is 0 Å². The average Bonchev–Trinajstić information content (AvgIpc) is 2.99. The second-order valence-electron chi connectivity index (χ2n) is 5.32. The number of aliphatic hydroxyl groups excluding tert-OH is 1. The Balaban J connectivity index is 2.03. The topological polar surface area (TPSA) is 92.0 Å². The Kier molecular flexibility index (Phi) is 2.99. The summed E-state index contributed by atoms with van der Waals surface area (Å²) in [4.78, 5) is 24.0. The van der Waals surface area contributed by atoms with Gasteiger partial charge in [-0.05, 0) is 25.1 Å². The quantitative estimate of drug-likeness (QED) is 0.593. The highest BCUT2D eigenvalue weighted by Gasteiger charge is 2.15. The van der Waals surface area contributed by atoms with Crippen LogP contribution in [0.1, 0.15) is 11.3 Å². The zero-order chi connectivity index (χ0) is 16.0. The van der Waals surface area contributed by atoms with Gasteiger partial charge in [0, 0.05) is 17.1 Å². The summed E-state index contributed by atoms with van der Waals surface area (Å²) in [6, 6.07) is 9.23. The van der Waals surface area contributed by atoms with Crippen molar-refractivity contribution in [3.63, 3.8) is 0 Å². The fraction of sp³-hybridized carbons (Fsp3) is 0.118. The third-order valence-electron chi connectivity index (χ3n) is 3.85. The first-order valence-corrected chi connectivity index (χ1v) is 7.15. The number of hydrogen-bond acceptors (Lipinski definition) is 5. The third-order valence-corrected chi connectivity index (χ3v) is 3.85. The zero-order valence-corrected chi connectivity index (χ0v) is 12.3. The molecule has 0 spiro atoms. The molecule has 0 saturated heterocycles. The first-order chi connectivity index (χ1) is 11.2. The van der Waals surface area contributed by atoms with Crippen molar-refractivity contribution in [3.05, 3.63) is 58.2 Å². The Labute approximate surface area is 130 Å². The molecule has 0 aliphatic rings. The van der Waals surface area contributed by atoms with Crippen LogP contribution in [0.2, 0.25) is 0 Å². The van der Waals surface area contributed by atoms with Crippen LogP contribution >= 0.6 is 0 Å². The third kappa shape index (κ3) is 2.11. The van der Waals surface area contributed by atoms with Crippen molar-refractivity contribution in [3.8, 4) is 11.4 Å². The van der Waals surface area contributed by atoms with E-state index in [0.717, 1.165) is 11.0 Å². The average molecular weight is 307 g/mol. The Morgan fingerprint density at radius 3 is 2.91 bits per heavy atom. The highest BCUT2D eigenvalue weighted by atomic mass is 16.4. The zero-order valence-electron chi connectivity index (χ0n) is 12.3. The van der Waals surface area contributed by atoms with Crippen molar-refractivity contribution in [2.45, 2.75) is 13.5 Å². The van der Waals surface area contributed by atoms with E-state index in [1.54, 1.807) is 19.2 Å². The summed E-state index contributed by atoms with van der Waals surface area (Å²) in [6.45, 7) is 1.57. The van der Waals surface area contributed by atoms with Gasteiger partial charge < -0.3 is 14.5 Å². The van der Waals surface area contributed by atoms with Crippen molar-refractivity contribution >= 4 is 22.0 Å². The molecule has 6 heteroatoms. The van der Waals surface area contributed by atoms with Gasteiger partial charge in [0.2, 0.25) is 0 Å². The van der Waals surface area contributed by atoms with Crippen LogP contribution in [0.25, 0.3) is 33.4 Å². The largest absolute Gasteiger partial charge is 0.420 e. The molecule has 4 rings (SSSR count). The number of H-pyrrole nitrogens is 1. The number of nitrogens with one attached hydrogen (secondary N) is 1. The fourth-order valence-corrected chi connectivity index (χ4v) is 2.65. The van der Waals surface area contributed by atoms with Crippen LogP contribution in [0.4, 0.5) is 0 Å². The molecule has 2 N–H and O–H groups in total. The Bertz CT molecular complexity index is 1060. The summed E-state index contributed by atoms with van der Waals surface area (Å²) >= 11 is 0. The van der Waals surface area contributed by atoms with Crippen LogP contribution in [-0.2, 0) is 6.61 Å².